The van der Waals surface area contributed by atoms with Crippen molar-refractivity contribution in [3.63, 3.8) is 0 Å². The minimum atomic E-state index is 0.824. The molecular formula is C17H21N. The van der Waals surface area contributed by atoms with Gasteiger partial charge < -0.3 is 5.32 Å². The molecule has 0 amide bonds. The summed E-state index contributed by atoms with van der Waals surface area (Å²) in [5.74, 6) is 9.43. The molecule has 0 unspecified atom stereocenters. The first-order chi connectivity index (χ1) is 8.93. The van der Waals surface area contributed by atoms with Crippen molar-refractivity contribution in [2.24, 2.45) is 17.8 Å². The number of benzene rings is 1. The minimum absolute atomic E-state index is 0.824. The fraction of sp³-hybridized carbons (Fsp3) is 0.529. The Labute approximate surface area is 110 Å². The lowest BCUT2D eigenvalue weighted by Gasteiger charge is -2.14. The summed E-state index contributed by atoms with van der Waals surface area (Å²) >= 11 is 0. The molecule has 0 heterocycles. The lowest BCUT2D eigenvalue weighted by Crippen LogP contribution is -2.25. The van der Waals surface area contributed by atoms with Crippen LogP contribution in [0.4, 0.5) is 0 Å². The zero-order chi connectivity index (χ0) is 12.2. The Hall–Kier alpha value is -1.26. The first-order valence-electron chi connectivity index (χ1n) is 7.18. The van der Waals surface area contributed by atoms with E-state index in [9.17, 15) is 0 Å². The Morgan fingerprint density at radius 2 is 1.72 bits per heavy atom. The van der Waals surface area contributed by atoms with Gasteiger partial charge in [0.15, 0.2) is 0 Å². The lowest BCUT2D eigenvalue weighted by atomic mass is 9.98. The summed E-state index contributed by atoms with van der Waals surface area (Å²) in [5.41, 5.74) is 1.11. The van der Waals surface area contributed by atoms with Crippen LogP contribution in [0.15, 0.2) is 30.3 Å². The van der Waals surface area contributed by atoms with Crippen LogP contribution in [0.5, 0.6) is 0 Å². The molecule has 0 radical (unpaired) electrons. The average Bonchev–Trinajstić information content (AvgIpc) is 3.29. The second kappa shape index (κ2) is 5.59. The summed E-state index contributed by atoms with van der Waals surface area (Å²) in [6.07, 6.45) is 5.88. The van der Waals surface area contributed by atoms with Crippen molar-refractivity contribution in [3.05, 3.63) is 35.9 Å². The Balaban J connectivity index is 1.40. The van der Waals surface area contributed by atoms with E-state index in [4.69, 9.17) is 0 Å². The molecule has 3 rings (SSSR count). The molecule has 1 N–H and O–H groups in total. The molecule has 1 aromatic rings. The second-order valence-electron chi connectivity index (χ2n) is 5.64. The van der Waals surface area contributed by atoms with Gasteiger partial charge in [-0.05, 0) is 62.1 Å². The summed E-state index contributed by atoms with van der Waals surface area (Å²) in [7, 11) is 0. The number of hydrogen-bond acceptors (Lipinski definition) is 1. The quantitative estimate of drug-likeness (QED) is 0.615. The highest BCUT2D eigenvalue weighted by Crippen LogP contribution is 2.48. The van der Waals surface area contributed by atoms with E-state index in [1.165, 1.54) is 32.2 Å². The van der Waals surface area contributed by atoms with Gasteiger partial charge in [0.05, 0.1) is 6.54 Å². The normalized spacial score (nSPS) is 18.5. The van der Waals surface area contributed by atoms with Gasteiger partial charge in [-0.2, -0.15) is 0 Å². The number of hydrogen-bond donors (Lipinski definition) is 1. The fourth-order valence-electron chi connectivity index (χ4n) is 2.74. The van der Waals surface area contributed by atoms with Gasteiger partial charge in [-0.1, -0.05) is 30.0 Å². The smallest absolute Gasteiger partial charge is 0.0580 e. The van der Waals surface area contributed by atoms with Gasteiger partial charge in [-0.25, -0.2) is 0 Å². The molecule has 0 aromatic heterocycles. The molecule has 2 aliphatic rings. The van der Waals surface area contributed by atoms with Crippen LogP contribution in [0, 0.1) is 29.6 Å². The zero-order valence-electron chi connectivity index (χ0n) is 10.9. The van der Waals surface area contributed by atoms with Crippen LogP contribution in [0.2, 0.25) is 0 Å². The van der Waals surface area contributed by atoms with Crippen molar-refractivity contribution in [1.82, 2.24) is 5.32 Å². The maximum atomic E-state index is 3.52. The standard InChI is InChI=1S/C17H21N/c1-2-5-14(6-3-1)7-4-12-18-13-17(15-8-9-15)16-10-11-16/h1-3,5-6,15-18H,8-13H2. The Bertz CT molecular complexity index is 420. The Kier molecular flexibility index (Phi) is 3.67. The predicted octanol–water partition coefficient (Wildman–Crippen LogP) is 3.06. The van der Waals surface area contributed by atoms with E-state index in [0.29, 0.717) is 0 Å². The minimum Gasteiger partial charge on any atom is -0.306 e. The van der Waals surface area contributed by atoms with Crippen LogP contribution in [0.25, 0.3) is 0 Å². The molecule has 0 spiro atoms. The van der Waals surface area contributed by atoms with Crippen molar-refractivity contribution in [2.45, 2.75) is 25.7 Å². The molecule has 1 nitrogen and oxygen atoms in total. The van der Waals surface area contributed by atoms with Gasteiger partial charge in [0.25, 0.3) is 0 Å². The molecular weight excluding hydrogens is 218 g/mol. The summed E-state index contributed by atoms with van der Waals surface area (Å²) in [5, 5.41) is 3.52. The third-order valence-electron chi connectivity index (χ3n) is 4.05. The molecule has 1 aromatic carbocycles. The largest absolute Gasteiger partial charge is 0.306 e. The molecule has 2 saturated carbocycles. The third-order valence-corrected chi connectivity index (χ3v) is 4.05. The lowest BCUT2D eigenvalue weighted by molar-refractivity contribution is 0.387. The molecule has 0 saturated heterocycles. The van der Waals surface area contributed by atoms with Gasteiger partial charge in [0.1, 0.15) is 0 Å². The van der Waals surface area contributed by atoms with E-state index >= 15 is 0 Å². The summed E-state index contributed by atoms with van der Waals surface area (Å²) in [6, 6.07) is 10.2. The van der Waals surface area contributed by atoms with Gasteiger partial charge in [0.2, 0.25) is 0 Å². The van der Waals surface area contributed by atoms with E-state index in [1.807, 2.05) is 18.2 Å². The van der Waals surface area contributed by atoms with Crippen molar-refractivity contribution in [3.8, 4) is 11.8 Å². The molecule has 0 bridgehead atoms. The fourth-order valence-corrected chi connectivity index (χ4v) is 2.74. The molecule has 2 fully saturated rings. The van der Waals surface area contributed by atoms with E-state index in [-0.39, 0.29) is 0 Å². The monoisotopic (exact) mass is 239 g/mol. The molecule has 2 aliphatic carbocycles. The third kappa shape index (κ3) is 3.37. The molecule has 0 atom stereocenters. The second-order valence-corrected chi connectivity index (χ2v) is 5.64. The van der Waals surface area contributed by atoms with Gasteiger partial charge in [-0.15, -0.1) is 0 Å². The molecule has 94 valence electrons. The van der Waals surface area contributed by atoms with E-state index in [2.05, 4.69) is 29.3 Å². The predicted molar refractivity (Wildman–Crippen MR) is 75.1 cm³/mol. The van der Waals surface area contributed by atoms with Crippen molar-refractivity contribution in [2.75, 3.05) is 13.1 Å². The van der Waals surface area contributed by atoms with Gasteiger partial charge >= 0.3 is 0 Å². The topological polar surface area (TPSA) is 12.0 Å². The Morgan fingerprint density at radius 1 is 1.06 bits per heavy atom. The summed E-state index contributed by atoms with van der Waals surface area (Å²) in [4.78, 5) is 0. The number of rotatable bonds is 5. The van der Waals surface area contributed by atoms with Crippen LogP contribution in [0.1, 0.15) is 31.2 Å². The molecule has 0 aliphatic heterocycles. The maximum absolute atomic E-state index is 3.52. The maximum Gasteiger partial charge on any atom is 0.0580 e. The number of nitrogens with one attached hydrogen (secondary N) is 1. The zero-order valence-corrected chi connectivity index (χ0v) is 10.9. The Morgan fingerprint density at radius 3 is 2.33 bits per heavy atom. The first-order valence-corrected chi connectivity index (χ1v) is 7.18. The van der Waals surface area contributed by atoms with E-state index < -0.39 is 0 Å². The van der Waals surface area contributed by atoms with Crippen LogP contribution in [-0.2, 0) is 0 Å². The van der Waals surface area contributed by atoms with Crippen molar-refractivity contribution < 1.29 is 0 Å². The summed E-state index contributed by atoms with van der Waals surface area (Å²) in [6.45, 7) is 2.00. The SMILES string of the molecule is C(#Cc1ccccc1)CNCC(C1CC1)C1CC1. The average molecular weight is 239 g/mol. The highest BCUT2D eigenvalue weighted by Gasteiger charge is 2.40. The summed E-state index contributed by atoms with van der Waals surface area (Å²) < 4.78 is 0. The van der Waals surface area contributed by atoms with E-state index in [0.717, 1.165) is 29.9 Å². The van der Waals surface area contributed by atoms with Crippen LogP contribution in [0.3, 0.4) is 0 Å². The van der Waals surface area contributed by atoms with Crippen molar-refractivity contribution >= 4 is 0 Å². The van der Waals surface area contributed by atoms with Crippen LogP contribution < -0.4 is 5.32 Å². The van der Waals surface area contributed by atoms with Gasteiger partial charge in [0, 0.05) is 5.56 Å². The first kappa shape index (κ1) is 11.8. The van der Waals surface area contributed by atoms with Crippen molar-refractivity contribution in [1.29, 1.82) is 0 Å². The van der Waals surface area contributed by atoms with E-state index in [1.54, 1.807) is 0 Å². The highest BCUT2D eigenvalue weighted by atomic mass is 14.9. The molecule has 18 heavy (non-hydrogen) atoms. The molecule has 1 heteroatoms. The highest BCUT2D eigenvalue weighted by molar-refractivity contribution is 5.33. The van der Waals surface area contributed by atoms with Crippen LogP contribution in [-0.4, -0.2) is 13.1 Å². The van der Waals surface area contributed by atoms with Crippen LogP contribution >= 0.6 is 0 Å². The van der Waals surface area contributed by atoms with Gasteiger partial charge in [-0.3, -0.25) is 0 Å².